The van der Waals surface area contributed by atoms with E-state index in [1.807, 2.05) is 6.92 Å². The van der Waals surface area contributed by atoms with Gasteiger partial charge in [0, 0.05) is 5.92 Å². The van der Waals surface area contributed by atoms with E-state index >= 15 is 0 Å². The van der Waals surface area contributed by atoms with E-state index in [0.717, 1.165) is 6.54 Å². The summed E-state index contributed by atoms with van der Waals surface area (Å²) in [6, 6.07) is 0. The summed E-state index contributed by atoms with van der Waals surface area (Å²) in [6.45, 7) is 3.22. The molecule has 1 aromatic rings. The van der Waals surface area contributed by atoms with Crippen LogP contribution in [0.15, 0.2) is 4.52 Å². The van der Waals surface area contributed by atoms with Crippen LogP contribution in [0.1, 0.15) is 50.2 Å². The highest BCUT2D eigenvalue weighted by molar-refractivity contribution is 4.97. The molecule has 2 atom stereocenters. The van der Waals surface area contributed by atoms with Crippen molar-refractivity contribution in [1.29, 1.82) is 0 Å². The molecule has 0 aromatic carbocycles. The van der Waals surface area contributed by atoms with Gasteiger partial charge < -0.3 is 9.84 Å². The molecule has 1 aromatic heterocycles. The minimum absolute atomic E-state index is 0.0618. The van der Waals surface area contributed by atoms with Crippen LogP contribution in [0.3, 0.4) is 0 Å². The Kier molecular flexibility index (Phi) is 4.44. The zero-order valence-electron chi connectivity index (χ0n) is 10.8. The molecule has 2 rings (SSSR count). The summed E-state index contributed by atoms with van der Waals surface area (Å²) >= 11 is 0. The van der Waals surface area contributed by atoms with Crippen molar-refractivity contribution in [2.75, 3.05) is 6.54 Å². The fourth-order valence-electron chi connectivity index (χ4n) is 2.45. The number of halogens is 3. The number of hydrogen-bond donors (Lipinski definition) is 1. The van der Waals surface area contributed by atoms with E-state index in [4.69, 9.17) is 4.52 Å². The predicted molar refractivity (Wildman–Crippen MR) is 62.4 cm³/mol. The van der Waals surface area contributed by atoms with Crippen molar-refractivity contribution in [3.05, 3.63) is 11.7 Å². The highest BCUT2D eigenvalue weighted by Gasteiger charge is 2.43. The van der Waals surface area contributed by atoms with Gasteiger partial charge in [0.25, 0.3) is 0 Å². The van der Waals surface area contributed by atoms with E-state index < -0.39 is 12.1 Å². The van der Waals surface area contributed by atoms with Crippen molar-refractivity contribution in [2.45, 2.75) is 51.2 Å². The van der Waals surface area contributed by atoms with Crippen LogP contribution in [0.5, 0.6) is 0 Å². The Bertz CT molecular complexity index is 405. The lowest BCUT2D eigenvalue weighted by Crippen LogP contribution is -2.28. The standard InChI is InChI=1S/C12H18F3N3O/c1-2-16-7-10-17-11(19-18-10)8-4-3-5-9(6-8)12(13,14)15/h8-9,16H,2-7H2,1H3. The van der Waals surface area contributed by atoms with Crippen molar-refractivity contribution < 1.29 is 17.7 Å². The quantitative estimate of drug-likeness (QED) is 0.919. The number of hydrogen-bond acceptors (Lipinski definition) is 4. The molecule has 0 bridgehead atoms. The number of nitrogens with one attached hydrogen (secondary N) is 1. The second kappa shape index (κ2) is 5.90. The highest BCUT2D eigenvalue weighted by atomic mass is 19.4. The van der Waals surface area contributed by atoms with Crippen molar-refractivity contribution in [3.63, 3.8) is 0 Å². The molecule has 2 unspecified atom stereocenters. The zero-order chi connectivity index (χ0) is 13.9. The highest BCUT2D eigenvalue weighted by Crippen LogP contribution is 2.43. The van der Waals surface area contributed by atoms with Gasteiger partial charge in [0.2, 0.25) is 5.89 Å². The molecule has 1 aliphatic carbocycles. The van der Waals surface area contributed by atoms with Gasteiger partial charge in [0.15, 0.2) is 5.82 Å². The predicted octanol–water partition coefficient (Wildman–Crippen LogP) is 3.02. The molecule has 7 heteroatoms. The lowest BCUT2D eigenvalue weighted by molar-refractivity contribution is -0.183. The van der Waals surface area contributed by atoms with Crippen LogP contribution in [0.2, 0.25) is 0 Å². The lowest BCUT2D eigenvalue weighted by atomic mass is 9.81. The van der Waals surface area contributed by atoms with Crippen molar-refractivity contribution >= 4 is 0 Å². The van der Waals surface area contributed by atoms with Gasteiger partial charge in [-0.05, 0) is 25.8 Å². The molecule has 0 radical (unpaired) electrons. The molecule has 0 spiro atoms. The van der Waals surface area contributed by atoms with Gasteiger partial charge in [-0.25, -0.2) is 0 Å². The second-order valence-electron chi connectivity index (χ2n) is 4.93. The first-order chi connectivity index (χ1) is 9.00. The summed E-state index contributed by atoms with van der Waals surface area (Å²) in [5.41, 5.74) is 0. The summed E-state index contributed by atoms with van der Waals surface area (Å²) in [7, 11) is 0. The SMILES string of the molecule is CCNCc1noc(C2CCCC(C(F)(F)F)C2)n1. The molecular formula is C12H18F3N3O. The number of aromatic nitrogens is 2. The molecule has 4 nitrogen and oxygen atoms in total. The zero-order valence-corrected chi connectivity index (χ0v) is 10.8. The first-order valence-electron chi connectivity index (χ1n) is 6.60. The van der Waals surface area contributed by atoms with E-state index in [1.54, 1.807) is 0 Å². The van der Waals surface area contributed by atoms with Crippen LogP contribution in [0.4, 0.5) is 13.2 Å². The van der Waals surface area contributed by atoms with E-state index in [1.165, 1.54) is 0 Å². The Labute approximate surface area is 109 Å². The Morgan fingerprint density at radius 1 is 1.37 bits per heavy atom. The number of alkyl halides is 3. The number of nitrogens with zero attached hydrogens (tertiary/aromatic N) is 2. The minimum Gasteiger partial charge on any atom is -0.339 e. The fraction of sp³-hybridized carbons (Fsp3) is 0.833. The molecule has 1 aliphatic rings. The van der Waals surface area contributed by atoms with Crippen LogP contribution in [0, 0.1) is 5.92 Å². The second-order valence-corrected chi connectivity index (χ2v) is 4.93. The van der Waals surface area contributed by atoms with Gasteiger partial charge in [-0.1, -0.05) is 18.5 Å². The lowest BCUT2D eigenvalue weighted by Gasteiger charge is -2.28. The van der Waals surface area contributed by atoms with Crippen LogP contribution in [-0.2, 0) is 6.54 Å². The Hall–Kier alpha value is -1.11. The molecule has 1 saturated carbocycles. The summed E-state index contributed by atoms with van der Waals surface area (Å²) < 4.78 is 43.3. The Balaban J connectivity index is 1.99. The maximum atomic E-state index is 12.7. The topological polar surface area (TPSA) is 51.0 Å². The molecule has 0 amide bonds. The molecule has 108 valence electrons. The molecule has 1 N–H and O–H groups in total. The van der Waals surface area contributed by atoms with Crippen LogP contribution in [-0.4, -0.2) is 22.9 Å². The van der Waals surface area contributed by atoms with Crippen molar-refractivity contribution in [1.82, 2.24) is 15.5 Å². The maximum Gasteiger partial charge on any atom is 0.391 e. The number of rotatable bonds is 4. The third-order valence-electron chi connectivity index (χ3n) is 3.50. The average Bonchev–Trinajstić information content (AvgIpc) is 2.84. The summed E-state index contributed by atoms with van der Waals surface area (Å²) in [5, 5.41) is 6.84. The van der Waals surface area contributed by atoms with Crippen LogP contribution in [0.25, 0.3) is 0 Å². The molecule has 0 saturated heterocycles. The van der Waals surface area contributed by atoms with Gasteiger partial charge in [0.05, 0.1) is 12.5 Å². The first kappa shape index (κ1) is 14.3. The average molecular weight is 277 g/mol. The Morgan fingerprint density at radius 3 is 2.84 bits per heavy atom. The van der Waals surface area contributed by atoms with E-state index in [-0.39, 0.29) is 18.8 Å². The molecular weight excluding hydrogens is 259 g/mol. The molecule has 19 heavy (non-hydrogen) atoms. The molecule has 0 aliphatic heterocycles. The van der Waals surface area contributed by atoms with Gasteiger partial charge >= 0.3 is 6.18 Å². The van der Waals surface area contributed by atoms with Crippen LogP contribution >= 0.6 is 0 Å². The normalized spacial score (nSPS) is 24.6. The third kappa shape index (κ3) is 3.68. The smallest absolute Gasteiger partial charge is 0.339 e. The monoisotopic (exact) mass is 277 g/mol. The molecule has 1 fully saturated rings. The molecule has 1 heterocycles. The minimum atomic E-state index is -4.12. The van der Waals surface area contributed by atoms with Gasteiger partial charge in [0.1, 0.15) is 0 Å². The third-order valence-corrected chi connectivity index (χ3v) is 3.50. The summed E-state index contributed by atoms with van der Waals surface area (Å²) in [6.07, 6.45) is -2.61. The van der Waals surface area contributed by atoms with Crippen molar-refractivity contribution in [2.24, 2.45) is 5.92 Å². The maximum absolute atomic E-state index is 12.7. The van der Waals surface area contributed by atoms with E-state index in [9.17, 15) is 13.2 Å². The summed E-state index contributed by atoms with van der Waals surface area (Å²) in [4.78, 5) is 4.18. The van der Waals surface area contributed by atoms with Crippen LogP contribution < -0.4 is 5.32 Å². The van der Waals surface area contributed by atoms with Gasteiger partial charge in [-0.15, -0.1) is 0 Å². The van der Waals surface area contributed by atoms with E-state index in [0.29, 0.717) is 31.1 Å². The van der Waals surface area contributed by atoms with Gasteiger partial charge in [-0.3, -0.25) is 0 Å². The largest absolute Gasteiger partial charge is 0.391 e. The summed E-state index contributed by atoms with van der Waals surface area (Å²) in [5.74, 6) is -0.647. The van der Waals surface area contributed by atoms with Gasteiger partial charge in [-0.2, -0.15) is 18.2 Å². The fourth-order valence-corrected chi connectivity index (χ4v) is 2.45. The van der Waals surface area contributed by atoms with Crippen molar-refractivity contribution in [3.8, 4) is 0 Å². The van der Waals surface area contributed by atoms with E-state index in [2.05, 4.69) is 15.5 Å². The first-order valence-corrected chi connectivity index (χ1v) is 6.60. The Morgan fingerprint density at radius 2 is 2.16 bits per heavy atom.